The fourth-order valence-corrected chi connectivity index (χ4v) is 4.27. The summed E-state index contributed by atoms with van der Waals surface area (Å²) in [5.74, 6) is -0.268. The van der Waals surface area contributed by atoms with E-state index in [0.29, 0.717) is 19.4 Å². The van der Waals surface area contributed by atoms with Crippen molar-refractivity contribution in [3.05, 3.63) is 35.1 Å². The van der Waals surface area contributed by atoms with Crippen molar-refractivity contribution in [3.8, 4) is 0 Å². The zero-order valence-corrected chi connectivity index (χ0v) is 15.3. The number of rotatable bonds is 7. The Hall–Kier alpha value is -1.95. The van der Waals surface area contributed by atoms with E-state index in [4.69, 9.17) is 19.6 Å². The number of hydrogen-bond donors (Lipinski definition) is 1. The third-order valence-corrected chi connectivity index (χ3v) is 5.48. The number of carbonyl (C=O) groups is 1. The number of aryl methyl sites for hydroxylation is 1. The van der Waals surface area contributed by atoms with Gasteiger partial charge in [-0.05, 0) is 55.9 Å². The van der Waals surface area contributed by atoms with Gasteiger partial charge in [0.15, 0.2) is 5.90 Å². The highest BCUT2D eigenvalue weighted by Crippen LogP contribution is 2.45. The van der Waals surface area contributed by atoms with Crippen LogP contribution in [0.25, 0.3) is 0 Å². The van der Waals surface area contributed by atoms with Crippen molar-refractivity contribution < 1.29 is 23.4 Å². The fourth-order valence-electron chi connectivity index (χ4n) is 4.27. The number of carbonyl (C=O) groups excluding carboxylic acids is 1. The van der Waals surface area contributed by atoms with Crippen LogP contribution in [0.2, 0.25) is 0 Å². The quantitative estimate of drug-likeness (QED) is 0.459. The molecule has 26 heavy (non-hydrogen) atoms. The van der Waals surface area contributed by atoms with Gasteiger partial charge in [-0.1, -0.05) is 6.07 Å². The van der Waals surface area contributed by atoms with Gasteiger partial charge in [0, 0.05) is 12.3 Å². The molecular formula is C20H26FNO4. The van der Waals surface area contributed by atoms with Crippen molar-refractivity contribution in [2.24, 2.45) is 11.8 Å². The molecule has 0 aromatic heterocycles. The molecule has 2 fully saturated rings. The van der Waals surface area contributed by atoms with Crippen LogP contribution >= 0.6 is 0 Å². The molecule has 0 aliphatic carbocycles. The van der Waals surface area contributed by atoms with Gasteiger partial charge in [0.05, 0.1) is 31.8 Å². The summed E-state index contributed by atoms with van der Waals surface area (Å²) >= 11 is 0. The van der Waals surface area contributed by atoms with E-state index in [1.807, 2.05) is 6.92 Å². The molecule has 2 saturated heterocycles. The van der Waals surface area contributed by atoms with E-state index < -0.39 is 0 Å². The van der Waals surface area contributed by atoms with Crippen LogP contribution in [0.4, 0.5) is 4.39 Å². The Bertz CT molecular complexity index is 678. The molecule has 0 spiro atoms. The summed E-state index contributed by atoms with van der Waals surface area (Å²) in [5.41, 5.74) is 1.82. The van der Waals surface area contributed by atoms with Gasteiger partial charge in [-0.15, -0.1) is 0 Å². The monoisotopic (exact) mass is 363 g/mol. The van der Waals surface area contributed by atoms with Gasteiger partial charge in [0.1, 0.15) is 5.82 Å². The van der Waals surface area contributed by atoms with Gasteiger partial charge in [0.2, 0.25) is 0 Å². The van der Waals surface area contributed by atoms with Crippen LogP contribution in [0.3, 0.4) is 0 Å². The molecule has 1 aromatic rings. The van der Waals surface area contributed by atoms with Crippen molar-refractivity contribution in [2.75, 3.05) is 13.7 Å². The van der Waals surface area contributed by atoms with Gasteiger partial charge in [-0.25, -0.2) is 4.39 Å². The predicted molar refractivity (Wildman–Crippen MR) is 94.7 cm³/mol. The predicted octanol–water partition coefficient (Wildman–Crippen LogP) is 3.28. The fraction of sp³-hybridized carbons (Fsp3) is 0.600. The first-order chi connectivity index (χ1) is 12.5. The van der Waals surface area contributed by atoms with E-state index in [1.54, 1.807) is 12.1 Å². The first kappa shape index (κ1) is 18.8. The molecule has 5 nitrogen and oxygen atoms in total. The minimum absolute atomic E-state index is 0.0242. The summed E-state index contributed by atoms with van der Waals surface area (Å²) in [6, 6.07) is 4.71. The average Bonchev–Trinajstić information content (AvgIpc) is 3.22. The average molecular weight is 363 g/mol. The van der Waals surface area contributed by atoms with Crippen LogP contribution in [0.1, 0.15) is 37.3 Å². The lowest BCUT2D eigenvalue weighted by Gasteiger charge is -2.28. The van der Waals surface area contributed by atoms with Crippen LogP contribution in [0, 0.1) is 23.1 Å². The Labute approximate surface area is 153 Å². The van der Waals surface area contributed by atoms with Crippen molar-refractivity contribution in [2.45, 2.75) is 51.2 Å². The topological polar surface area (TPSA) is 68.6 Å². The molecule has 2 aliphatic heterocycles. The highest BCUT2D eigenvalue weighted by Gasteiger charge is 2.51. The third kappa shape index (κ3) is 3.90. The number of nitrogens with one attached hydrogen (secondary N) is 1. The van der Waals surface area contributed by atoms with Gasteiger partial charge in [-0.2, -0.15) is 0 Å². The SMILES string of the molecule is CCOC(=N)C1C2CCC(O2)C1Cc1cc(F)ccc1CCC(=O)OC. The minimum atomic E-state index is -0.290. The number of methoxy groups -OCH3 is 1. The summed E-state index contributed by atoms with van der Waals surface area (Å²) in [5, 5.41) is 8.26. The first-order valence-electron chi connectivity index (χ1n) is 9.24. The summed E-state index contributed by atoms with van der Waals surface area (Å²) in [6.45, 7) is 2.33. The van der Waals surface area contributed by atoms with Gasteiger partial charge in [0.25, 0.3) is 0 Å². The normalized spacial score (nSPS) is 26.7. The lowest BCUT2D eigenvalue weighted by molar-refractivity contribution is -0.140. The minimum Gasteiger partial charge on any atom is -0.481 e. The smallest absolute Gasteiger partial charge is 0.305 e. The van der Waals surface area contributed by atoms with Gasteiger partial charge in [-0.3, -0.25) is 10.2 Å². The van der Waals surface area contributed by atoms with E-state index in [1.165, 1.54) is 13.2 Å². The Morgan fingerprint density at radius 2 is 2.08 bits per heavy atom. The zero-order valence-electron chi connectivity index (χ0n) is 15.3. The highest BCUT2D eigenvalue weighted by molar-refractivity contribution is 5.77. The lowest BCUT2D eigenvalue weighted by Crippen LogP contribution is -2.35. The van der Waals surface area contributed by atoms with Crippen LogP contribution in [-0.4, -0.2) is 37.8 Å². The van der Waals surface area contributed by atoms with Crippen molar-refractivity contribution >= 4 is 11.9 Å². The second kappa shape index (κ2) is 8.16. The first-order valence-corrected chi connectivity index (χ1v) is 9.24. The number of halogens is 1. The maximum absolute atomic E-state index is 13.9. The standard InChI is InChI=1S/C20H26FNO4/c1-3-25-20(22)19-15(16-7-8-17(19)26-16)11-13-10-14(21)6-4-12(13)5-9-18(23)24-2/h4,6,10,15-17,19,22H,3,5,7-9,11H2,1-2H3. The van der Waals surface area contributed by atoms with Crippen LogP contribution in [0.15, 0.2) is 18.2 Å². The molecule has 6 heteroatoms. The molecule has 0 saturated carbocycles. The van der Waals surface area contributed by atoms with Crippen LogP contribution < -0.4 is 0 Å². The second-order valence-electron chi connectivity index (χ2n) is 6.97. The summed E-state index contributed by atoms with van der Waals surface area (Å²) in [7, 11) is 1.37. The summed E-state index contributed by atoms with van der Waals surface area (Å²) in [6.07, 6.45) is 3.42. The lowest BCUT2D eigenvalue weighted by atomic mass is 9.75. The second-order valence-corrected chi connectivity index (χ2v) is 6.97. The van der Waals surface area contributed by atoms with Crippen LogP contribution in [0.5, 0.6) is 0 Å². The van der Waals surface area contributed by atoms with Crippen molar-refractivity contribution in [3.63, 3.8) is 0 Å². The van der Waals surface area contributed by atoms with Crippen LogP contribution in [-0.2, 0) is 31.8 Å². The number of hydrogen-bond acceptors (Lipinski definition) is 5. The third-order valence-electron chi connectivity index (χ3n) is 5.48. The Balaban J connectivity index is 1.79. The molecule has 0 radical (unpaired) electrons. The Kier molecular flexibility index (Phi) is 5.91. The molecule has 0 amide bonds. The molecule has 142 valence electrons. The van der Waals surface area contributed by atoms with Crippen molar-refractivity contribution in [1.82, 2.24) is 0 Å². The molecule has 4 unspecified atom stereocenters. The van der Waals surface area contributed by atoms with Gasteiger partial charge < -0.3 is 14.2 Å². The summed E-state index contributed by atoms with van der Waals surface area (Å²) < 4.78 is 30.1. The van der Waals surface area contributed by atoms with Crippen molar-refractivity contribution in [1.29, 1.82) is 5.41 Å². The Morgan fingerprint density at radius 1 is 1.31 bits per heavy atom. The summed E-state index contributed by atoms with van der Waals surface area (Å²) in [4.78, 5) is 11.5. The molecular weight excluding hydrogens is 337 g/mol. The molecule has 2 heterocycles. The number of benzene rings is 1. The number of ether oxygens (including phenoxy) is 3. The number of esters is 1. The zero-order chi connectivity index (χ0) is 18.7. The maximum Gasteiger partial charge on any atom is 0.305 e. The molecule has 4 atom stereocenters. The molecule has 3 rings (SSSR count). The number of fused-ring (bicyclic) bond motifs is 2. The molecule has 2 bridgehead atoms. The molecule has 1 aromatic carbocycles. The Morgan fingerprint density at radius 3 is 2.81 bits per heavy atom. The molecule has 1 N–H and O–H groups in total. The maximum atomic E-state index is 13.9. The van der Waals surface area contributed by atoms with E-state index in [-0.39, 0.29) is 48.1 Å². The van der Waals surface area contributed by atoms with Gasteiger partial charge >= 0.3 is 5.97 Å². The van der Waals surface area contributed by atoms with E-state index in [9.17, 15) is 9.18 Å². The van der Waals surface area contributed by atoms with E-state index >= 15 is 0 Å². The molecule has 2 aliphatic rings. The van der Waals surface area contributed by atoms with E-state index in [2.05, 4.69) is 0 Å². The largest absolute Gasteiger partial charge is 0.481 e. The highest BCUT2D eigenvalue weighted by atomic mass is 19.1. The van der Waals surface area contributed by atoms with E-state index in [0.717, 1.165) is 24.0 Å².